The maximum absolute atomic E-state index is 13.3. The van der Waals surface area contributed by atoms with Gasteiger partial charge >= 0.3 is 0 Å². The van der Waals surface area contributed by atoms with Crippen LogP contribution in [0.25, 0.3) is 0 Å². The first-order chi connectivity index (χ1) is 11.7. The number of hydrogen-bond donors (Lipinski definition) is 1. The van der Waals surface area contributed by atoms with Crippen molar-refractivity contribution in [2.75, 3.05) is 66.2 Å². The number of carbonyl (C=O) groups is 1. The first-order valence-corrected chi connectivity index (χ1v) is 9.47. The van der Waals surface area contributed by atoms with Crippen molar-refractivity contribution in [2.24, 2.45) is 5.41 Å². The van der Waals surface area contributed by atoms with Gasteiger partial charge in [0.05, 0.1) is 18.6 Å². The second-order valence-corrected chi connectivity index (χ2v) is 7.01. The third kappa shape index (κ3) is 6.50. The number of piperazine rings is 1. The first kappa shape index (κ1) is 25.9. The molecule has 0 bridgehead atoms. The van der Waals surface area contributed by atoms with Crippen LogP contribution in [0, 0.1) is 5.41 Å². The van der Waals surface area contributed by atoms with E-state index in [-0.39, 0.29) is 30.2 Å². The van der Waals surface area contributed by atoms with Crippen LogP contribution in [0.3, 0.4) is 0 Å². The molecular weight excluding hydrogens is 377 g/mol. The summed E-state index contributed by atoms with van der Waals surface area (Å²) in [6.45, 7) is 11.7. The zero-order chi connectivity index (χ0) is 17.4. The van der Waals surface area contributed by atoms with Gasteiger partial charge in [0.2, 0.25) is 5.91 Å². The van der Waals surface area contributed by atoms with E-state index in [0.717, 1.165) is 71.7 Å². The number of nitrogens with zero attached hydrogens (tertiary/aromatic N) is 2. The van der Waals surface area contributed by atoms with Crippen LogP contribution in [-0.2, 0) is 14.3 Å². The standard InChI is InChI=1S/C18H35N3O3.2ClH/c1-4-16-14-21(11-10-20(16)12-13-24-5-2)17(22)18(15-23-3)6-8-19-9-7-18;;/h16,19H,4-15H2,1-3H3;2*1H. The molecule has 2 heterocycles. The van der Waals surface area contributed by atoms with Gasteiger partial charge in [-0.1, -0.05) is 6.92 Å². The van der Waals surface area contributed by atoms with E-state index in [1.54, 1.807) is 7.11 Å². The summed E-state index contributed by atoms with van der Waals surface area (Å²) in [5.41, 5.74) is -0.328. The van der Waals surface area contributed by atoms with Crippen molar-refractivity contribution in [2.45, 2.75) is 39.2 Å². The van der Waals surface area contributed by atoms with Gasteiger partial charge < -0.3 is 19.7 Å². The molecule has 1 atom stereocenters. The number of hydrogen-bond acceptors (Lipinski definition) is 5. The smallest absolute Gasteiger partial charge is 0.231 e. The molecule has 0 saturated carbocycles. The molecule has 2 fully saturated rings. The molecule has 0 aliphatic carbocycles. The minimum Gasteiger partial charge on any atom is -0.384 e. The highest BCUT2D eigenvalue weighted by atomic mass is 35.5. The van der Waals surface area contributed by atoms with Crippen LogP contribution >= 0.6 is 24.8 Å². The second kappa shape index (κ2) is 13.1. The molecule has 0 aromatic carbocycles. The monoisotopic (exact) mass is 413 g/mol. The fourth-order valence-electron chi connectivity index (χ4n) is 4.02. The Balaban J connectivity index is 0.00000312. The molecule has 2 aliphatic heterocycles. The van der Waals surface area contributed by atoms with Gasteiger partial charge in [-0.25, -0.2) is 0 Å². The molecule has 1 unspecified atom stereocenters. The van der Waals surface area contributed by atoms with Crippen LogP contribution in [0.5, 0.6) is 0 Å². The third-order valence-corrected chi connectivity index (χ3v) is 5.53. The highest BCUT2D eigenvalue weighted by Crippen LogP contribution is 2.32. The van der Waals surface area contributed by atoms with E-state index >= 15 is 0 Å². The first-order valence-electron chi connectivity index (χ1n) is 9.47. The fraction of sp³-hybridized carbons (Fsp3) is 0.944. The van der Waals surface area contributed by atoms with Gasteiger partial charge in [0, 0.05) is 45.9 Å². The van der Waals surface area contributed by atoms with E-state index in [9.17, 15) is 4.79 Å². The number of carbonyl (C=O) groups excluding carboxylic acids is 1. The number of methoxy groups -OCH3 is 1. The maximum atomic E-state index is 13.3. The van der Waals surface area contributed by atoms with Gasteiger partial charge in [-0.05, 0) is 39.3 Å². The number of nitrogens with one attached hydrogen (secondary N) is 1. The van der Waals surface area contributed by atoms with E-state index in [1.165, 1.54) is 0 Å². The van der Waals surface area contributed by atoms with E-state index in [1.807, 2.05) is 6.92 Å². The lowest BCUT2D eigenvalue weighted by Gasteiger charge is -2.45. The van der Waals surface area contributed by atoms with Gasteiger partial charge in [-0.2, -0.15) is 0 Å². The predicted molar refractivity (Wildman–Crippen MR) is 110 cm³/mol. The van der Waals surface area contributed by atoms with Gasteiger partial charge in [-0.3, -0.25) is 9.69 Å². The molecule has 6 nitrogen and oxygen atoms in total. The van der Waals surface area contributed by atoms with E-state index in [4.69, 9.17) is 9.47 Å². The zero-order valence-electron chi connectivity index (χ0n) is 16.5. The Bertz CT molecular complexity index is 390. The van der Waals surface area contributed by atoms with Crippen LogP contribution in [0.4, 0.5) is 0 Å². The summed E-state index contributed by atoms with van der Waals surface area (Å²) < 4.78 is 10.9. The Morgan fingerprint density at radius 2 is 1.88 bits per heavy atom. The summed E-state index contributed by atoms with van der Waals surface area (Å²) in [5, 5.41) is 3.36. The Labute approximate surface area is 171 Å². The minimum absolute atomic E-state index is 0. The molecule has 1 N–H and O–H groups in total. The van der Waals surface area contributed by atoms with Crippen molar-refractivity contribution in [3.63, 3.8) is 0 Å². The molecule has 0 spiro atoms. The fourth-order valence-corrected chi connectivity index (χ4v) is 4.02. The Morgan fingerprint density at radius 3 is 2.46 bits per heavy atom. The maximum Gasteiger partial charge on any atom is 0.231 e. The Kier molecular flexibility index (Phi) is 13.1. The minimum atomic E-state index is -0.328. The van der Waals surface area contributed by atoms with Gasteiger partial charge in [0.1, 0.15) is 0 Å². The van der Waals surface area contributed by atoms with E-state index in [2.05, 4.69) is 22.0 Å². The lowest BCUT2D eigenvalue weighted by atomic mass is 9.78. The lowest BCUT2D eigenvalue weighted by molar-refractivity contribution is -0.151. The molecule has 2 rings (SSSR count). The molecule has 156 valence electrons. The second-order valence-electron chi connectivity index (χ2n) is 7.01. The highest BCUT2D eigenvalue weighted by Gasteiger charge is 2.43. The SMILES string of the molecule is CCOCCN1CCN(C(=O)C2(COC)CCNCC2)CC1CC.Cl.Cl. The van der Waals surface area contributed by atoms with Crippen molar-refractivity contribution >= 4 is 30.7 Å². The van der Waals surface area contributed by atoms with Crippen molar-refractivity contribution in [3.05, 3.63) is 0 Å². The molecule has 0 aromatic heterocycles. The van der Waals surface area contributed by atoms with Crippen LogP contribution < -0.4 is 5.32 Å². The number of rotatable bonds is 8. The quantitative estimate of drug-likeness (QED) is 0.614. The van der Waals surface area contributed by atoms with E-state index in [0.29, 0.717) is 18.6 Å². The molecule has 2 saturated heterocycles. The van der Waals surface area contributed by atoms with Crippen molar-refractivity contribution in [3.8, 4) is 0 Å². The molecule has 1 amide bonds. The average molecular weight is 414 g/mol. The summed E-state index contributed by atoms with van der Waals surface area (Å²) >= 11 is 0. The van der Waals surface area contributed by atoms with Crippen LogP contribution in [-0.4, -0.2) is 87.9 Å². The number of piperidine rings is 1. The molecule has 26 heavy (non-hydrogen) atoms. The summed E-state index contributed by atoms with van der Waals surface area (Å²) in [7, 11) is 1.71. The summed E-state index contributed by atoms with van der Waals surface area (Å²) in [5.74, 6) is 0.300. The largest absolute Gasteiger partial charge is 0.384 e. The highest BCUT2D eigenvalue weighted by molar-refractivity contribution is 5.85. The molecule has 2 aliphatic rings. The van der Waals surface area contributed by atoms with Gasteiger partial charge in [-0.15, -0.1) is 24.8 Å². The molecule has 8 heteroatoms. The Hall–Kier alpha value is -0.110. The average Bonchev–Trinajstić information content (AvgIpc) is 2.62. The van der Waals surface area contributed by atoms with Crippen molar-refractivity contribution in [1.82, 2.24) is 15.1 Å². The Morgan fingerprint density at radius 1 is 1.19 bits per heavy atom. The molecule has 0 radical (unpaired) electrons. The van der Waals surface area contributed by atoms with Crippen molar-refractivity contribution < 1.29 is 14.3 Å². The van der Waals surface area contributed by atoms with Gasteiger partial charge in [0.15, 0.2) is 0 Å². The topological polar surface area (TPSA) is 54.0 Å². The number of halogens is 2. The molecular formula is C18H37Cl2N3O3. The van der Waals surface area contributed by atoms with Gasteiger partial charge in [0.25, 0.3) is 0 Å². The predicted octanol–water partition coefficient (Wildman–Crippen LogP) is 1.81. The summed E-state index contributed by atoms with van der Waals surface area (Å²) in [4.78, 5) is 17.8. The summed E-state index contributed by atoms with van der Waals surface area (Å²) in [6, 6.07) is 0.435. The van der Waals surface area contributed by atoms with Crippen LogP contribution in [0.2, 0.25) is 0 Å². The molecule has 0 aromatic rings. The lowest BCUT2D eigenvalue weighted by Crippen LogP contribution is -2.59. The normalized spacial score (nSPS) is 23.0. The summed E-state index contributed by atoms with van der Waals surface area (Å²) in [6.07, 6.45) is 2.82. The van der Waals surface area contributed by atoms with Crippen molar-refractivity contribution in [1.29, 1.82) is 0 Å². The van der Waals surface area contributed by atoms with E-state index < -0.39 is 0 Å². The number of amides is 1. The third-order valence-electron chi connectivity index (χ3n) is 5.53. The zero-order valence-corrected chi connectivity index (χ0v) is 18.1. The van der Waals surface area contributed by atoms with Crippen LogP contribution in [0.1, 0.15) is 33.1 Å². The number of ether oxygens (including phenoxy) is 2. The van der Waals surface area contributed by atoms with Crippen LogP contribution in [0.15, 0.2) is 0 Å².